The standard InChI is InChI=1S/C8H15N3O3/c1-2-14-8(13)11-4-6(5-11)10-3-7(9)12/h6,10H,2-5H2,1H3,(H2,9,12). The molecule has 6 heteroatoms. The number of carbonyl (C=O) groups excluding carboxylic acids is 2. The Morgan fingerprint density at radius 1 is 1.57 bits per heavy atom. The lowest BCUT2D eigenvalue weighted by Gasteiger charge is -2.38. The van der Waals surface area contributed by atoms with Crippen LogP contribution in [0, 0.1) is 0 Å². The topological polar surface area (TPSA) is 84.7 Å². The molecule has 0 radical (unpaired) electrons. The molecule has 0 aliphatic carbocycles. The molecule has 1 rings (SSSR count). The third-order valence-corrected chi connectivity index (χ3v) is 1.97. The molecule has 1 heterocycles. The van der Waals surface area contributed by atoms with Crippen molar-refractivity contribution in [1.82, 2.24) is 10.2 Å². The maximum absolute atomic E-state index is 11.1. The Kier molecular flexibility index (Phi) is 3.70. The molecule has 1 aliphatic rings. The molecule has 2 amide bonds. The number of nitrogens with one attached hydrogen (secondary N) is 1. The number of nitrogens with two attached hydrogens (primary N) is 1. The first-order chi connectivity index (χ1) is 6.63. The van der Waals surface area contributed by atoms with E-state index in [9.17, 15) is 9.59 Å². The Labute approximate surface area is 82.4 Å². The summed E-state index contributed by atoms with van der Waals surface area (Å²) in [5.74, 6) is -0.389. The van der Waals surface area contributed by atoms with Gasteiger partial charge < -0.3 is 20.7 Å². The van der Waals surface area contributed by atoms with Crippen LogP contribution in [0.3, 0.4) is 0 Å². The van der Waals surface area contributed by atoms with Crippen molar-refractivity contribution in [3.8, 4) is 0 Å². The van der Waals surface area contributed by atoms with Crippen LogP contribution < -0.4 is 11.1 Å². The van der Waals surface area contributed by atoms with Crippen LogP contribution in [0.5, 0.6) is 0 Å². The van der Waals surface area contributed by atoms with Gasteiger partial charge in [0.15, 0.2) is 0 Å². The predicted molar refractivity (Wildman–Crippen MR) is 49.6 cm³/mol. The molecule has 0 saturated carbocycles. The highest BCUT2D eigenvalue weighted by Crippen LogP contribution is 2.08. The summed E-state index contributed by atoms with van der Waals surface area (Å²) in [5.41, 5.74) is 4.96. The minimum atomic E-state index is -0.389. The normalized spacial score (nSPS) is 16.2. The molecule has 1 fully saturated rings. The van der Waals surface area contributed by atoms with Crippen LogP contribution in [0.25, 0.3) is 0 Å². The molecule has 0 aromatic heterocycles. The van der Waals surface area contributed by atoms with Gasteiger partial charge in [-0.2, -0.15) is 0 Å². The summed E-state index contributed by atoms with van der Waals surface area (Å²) < 4.78 is 4.79. The quantitative estimate of drug-likeness (QED) is 0.604. The molecule has 1 aliphatic heterocycles. The lowest BCUT2D eigenvalue weighted by Crippen LogP contribution is -2.60. The predicted octanol–water partition coefficient (Wildman–Crippen LogP) is -1.10. The van der Waals surface area contributed by atoms with Crippen molar-refractivity contribution in [3.63, 3.8) is 0 Å². The highest BCUT2D eigenvalue weighted by molar-refractivity contribution is 5.76. The Bertz CT molecular complexity index is 226. The Balaban J connectivity index is 2.11. The van der Waals surface area contributed by atoms with Crippen LogP contribution in [0.1, 0.15) is 6.92 Å². The van der Waals surface area contributed by atoms with Gasteiger partial charge in [0.05, 0.1) is 13.2 Å². The van der Waals surface area contributed by atoms with Gasteiger partial charge in [-0.1, -0.05) is 0 Å². The van der Waals surface area contributed by atoms with Crippen molar-refractivity contribution in [3.05, 3.63) is 0 Å². The molecular weight excluding hydrogens is 186 g/mol. The van der Waals surface area contributed by atoms with Crippen LogP contribution in [0.15, 0.2) is 0 Å². The summed E-state index contributed by atoms with van der Waals surface area (Å²) >= 11 is 0. The minimum absolute atomic E-state index is 0.154. The summed E-state index contributed by atoms with van der Waals surface area (Å²) in [6.45, 7) is 3.45. The first-order valence-electron chi connectivity index (χ1n) is 4.57. The van der Waals surface area contributed by atoms with E-state index in [1.54, 1.807) is 11.8 Å². The number of carbonyl (C=O) groups is 2. The number of ether oxygens (including phenoxy) is 1. The van der Waals surface area contributed by atoms with Gasteiger partial charge in [-0.05, 0) is 6.92 Å². The van der Waals surface area contributed by atoms with E-state index < -0.39 is 0 Å². The van der Waals surface area contributed by atoms with Gasteiger partial charge in [-0.15, -0.1) is 0 Å². The minimum Gasteiger partial charge on any atom is -0.450 e. The molecule has 0 bridgehead atoms. The van der Waals surface area contributed by atoms with Crippen LogP contribution in [-0.4, -0.2) is 49.2 Å². The SMILES string of the molecule is CCOC(=O)N1CC(NCC(N)=O)C1. The van der Waals surface area contributed by atoms with Gasteiger partial charge in [0.2, 0.25) is 5.91 Å². The zero-order valence-electron chi connectivity index (χ0n) is 8.16. The molecule has 0 atom stereocenters. The molecule has 3 N–H and O–H groups in total. The molecule has 1 saturated heterocycles. The Hall–Kier alpha value is -1.30. The molecule has 0 unspecified atom stereocenters. The van der Waals surface area contributed by atoms with Crippen LogP contribution >= 0.6 is 0 Å². The average molecular weight is 201 g/mol. The van der Waals surface area contributed by atoms with Crippen molar-refractivity contribution < 1.29 is 14.3 Å². The van der Waals surface area contributed by atoms with Crippen molar-refractivity contribution >= 4 is 12.0 Å². The third kappa shape index (κ3) is 2.88. The van der Waals surface area contributed by atoms with Gasteiger partial charge in [0.1, 0.15) is 0 Å². The fraction of sp³-hybridized carbons (Fsp3) is 0.750. The van der Waals surface area contributed by atoms with E-state index >= 15 is 0 Å². The van der Waals surface area contributed by atoms with Crippen LogP contribution in [-0.2, 0) is 9.53 Å². The largest absolute Gasteiger partial charge is 0.450 e. The number of primary amides is 1. The van der Waals surface area contributed by atoms with E-state index in [1.165, 1.54) is 0 Å². The molecule has 14 heavy (non-hydrogen) atoms. The van der Waals surface area contributed by atoms with Crippen molar-refractivity contribution in [2.45, 2.75) is 13.0 Å². The lowest BCUT2D eigenvalue weighted by atomic mass is 10.1. The molecule has 6 nitrogen and oxygen atoms in total. The summed E-state index contributed by atoms with van der Waals surface area (Å²) in [7, 11) is 0. The number of likely N-dealkylation sites (tertiary alicyclic amines) is 1. The molecule has 0 spiro atoms. The van der Waals surface area contributed by atoms with E-state index in [1.807, 2.05) is 0 Å². The summed E-state index contributed by atoms with van der Waals surface area (Å²) in [6, 6.07) is 0.159. The van der Waals surface area contributed by atoms with E-state index in [-0.39, 0.29) is 24.6 Å². The molecule has 0 aromatic carbocycles. The number of rotatable bonds is 4. The zero-order chi connectivity index (χ0) is 10.6. The smallest absolute Gasteiger partial charge is 0.409 e. The van der Waals surface area contributed by atoms with Crippen LogP contribution in [0.2, 0.25) is 0 Å². The maximum Gasteiger partial charge on any atom is 0.409 e. The van der Waals surface area contributed by atoms with Crippen molar-refractivity contribution in [2.24, 2.45) is 5.73 Å². The highest BCUT2D eigenvalue weighted by Gasteiger charge is 2.31. The fourth-order valence-corrected chi connectivity index (χ4v) is 1.22. The first-order valence-corrected chi connectivity index (χ1v) is 4.57. The van der Waals surface area contributed by atoms with Gasteiger partial charge >= 0.3 is 6.09 Å². The maximum atomic E-state index is 11.1. The first kappa shape index (κ1) is 10.8. The second kappa shape index (κ2) is 4.80. The number of hydrogen-bond acceptors (Lipinski definition) is 4. The monoisotopic (exact) mass is 201 g/mol. The van der Waals surface area contributed by atoms with Gasteiger partial charge in [0.25, 0.3) is 0 Å². The third-order valence-electron chi connectivity index (χ3n) is 1.97. The van der Waals surface area contributed by atoms with E-state index in [2.05, 4.69) is 5.32 Å². The Morgan fingerprint density at radius 2 is 2.21 bits per heavy atom. The summed E-state index contributed by atoms with van der Waals surface area (Å²) in [4.78, 5) is 23.1. The van der Waals surface area contributed by atoms with Gasteiger partial charge in [-0.25, -0.2) is 4.79 Å². The van der Waals surface area contributed by atoms with Crippen molar-refractivity contribution in [2.75, 3.05) is 26.2 Å². The fourth-order valence-electron chi connectivity index (χ4n) is 1.22. The number of amides is 2. The van der Waals surface area contributed by atoms with E-state index in [0.29, 0.717) is 19.7 Å². The second-order valence-electron chi connectivity index (χ2n) is 3.15. The highest BCUT2D eigenvalue weighted by atomic mass is 16.6. The van der Waals surface area contributed by atoms with Crippen LogP contribution in [0.4, 0.5) is 4.79 Å². The Morgan fingerprint density at radius 3 is 2.71 bits per heavy atom. The number of nitrogens with zero attached hydrogens (tertiary/aromatic N) is 1. The summed E-state index contributed by atoms with van der Waals surface area (Å²) in [6.07, 6.45) is -0.301. The van der Waals surface area contributed by atoms with E-state index in [4.69, 9.17) is 10.5 Å². The molecule has 80 valence electrons. The summed E-state index contributed by atoms with van der Waals surface area (Å²) in [5, 5.41) is 2.92. The number of hydrogen-bond donors (Lipinski definition) is 2. The molecule has 0 aromatic rings. The van der Waals surface area contributed by atoms with Gasteiger partial charge in [-0.3, -0.25) is 4.79 Å². The zero-order valence-corrected chi connectivity index (χ0v) is 8.16. The van der Waals surface area contributed by atoms with E-state index in [0.717, 1.165) is 0 Å². The second-order valence-corrected chi connectivity index (χ2v) is 3.15. The molecular formula is C8H15N3O3. The van der Waals surface area contributed by atoms with Gasteiger partial charge in [0, 0.05) is 19.1 Å². The average Bonchev–Trinajstić information content (AvgIpc) is 2.01. The lowest BCUT2D eigenvalue weighted by molar-refractivity contribution is -0.117. The van der Waals surface area contributed by atoms with Crippen molar-refractivity contribution in [1.29, 1.82) is 0 Å².